The van der Waals surface area contributed by atoms with Crippen molar-refractivity contribution in [2.75, 3.05) is 0 Å². The Morgan fingerprint density at radius 1 is 1.16 bits per heavy atom. The van der Waals surface area contributed by atoms with Crippen LogP contribution in [0.4, 0.5) is 0 Å². The van der Waals surface area contributed by atoms with Gasteiger partial charge < -0.3 is 0 Å². The van der Waals surface area contributed by atoms with Gasteiger partial charge in [0.2, 0.25) is 0 Å². The van der Waals surface area contributed by atoms with Gasteiger partial charge in [0.15, 0.2) is 0 Å². The van der Waals surface area contributed by atoms with E-state index in [0.717, 1.165) is 16.5 Å². The van der Waals surface area contributed by atoms with Gasteiger partial charge in [-0.3, -0.25) is 0 Å². The first-order valence-electron chi connectivity index (χ1n) is 5.98. The van der Waals surface area contributed by atoms with Gasteiger partial charge in [-0.2, -0.15) is 0 Å². The highest BCUT2D eigenvalue weighted by atomic mass is 14.8. The van der Waals surface area contributed by atoms with Crippen LogP contribution in [-0.4, -0.2) is 9.97 Å². The van der Waals surface area contributed by atoms with E-state index in [2.05, 4.69) is 29.7 Å². The Balaban J connectivity index is 3.58. The van der Waals surface area contributed by atoms with Crippen molar-refractivity contribution in [3.05, 3.63) is 77.7 Å². The summed E-state index contributed by atoms with van der Waals surface area (Å²) in [5.74, 6) is 0. The number of nitrogens with zero attached hydrogens (tertiary/aromatic N) is 2. The minimum Gasteiger partial charge on any atom is -0.238 e. The van der Waals surface area contributed by atoms with E-state index < -0.39 is 0 Å². The summed E-state index contributed by atoms with van der Waals surface area (Å²) in [7, 11) is 0. The molecule has 1 heterocycles. The number of allylic oxidation sites excluding steroid dienone is 5. The molecule has 0 aromatic carbocycles. The third-order valence-electron chi connectivity index (χ3n) is 2.37. The first-order valence-corrected chi connectivity index (χ1v) is 5.98. The van der Waals surface area contributed by atoms with E-state index in [1.807, 2.05) is 49.4 Å². The molecule has 2 nitrogen and oxygen atoms in total. The van der Waals surface area contributed by atoms with Crippen LogP contribution in [0.25, 0.3) is 18.7 Å². The van der Waals surface area contributed by atoms with Crippen LogP contribution in [0.1, 0.15) is 12.6 Å². The molecule has 0 aliphatic rings. The summed E-state index contributed by atoms with van der Waals surface area (Å²) in [5.41, 5.74) is 1.64. The average Bonchev–Trinajstić information content (AvgIpc) is 2.41. The fraction of sp³-hybridized carbons (Fsp3) is 0.0588. The largest absolute Gasteiger partial charge is 0.238 e. The van der Waals surface area contributed by atoms with Crippen molar-refractivity contribution >= 4 is 18.7 Å². The fourth-order valence-corrected chi connectivity index (χ4v) is 1.41. The van der Waals surface area contributed by atoms with Gasteiger partial charge in [-0.1, -0.05) is 62.2 Å². The second-order valence-electron chi connectivity index (χ2n) is 3.81. The molecule has 0 unspecified atom stereocenters. The molecule has 1 aromatic rings. The predicted molar refractivity (Wildman–Crippen MR) is 82.9 cm³/mol. The van der Waals surface area contributed by atoms with Gasteiger partial charge in [0.25, 0.3) is 0 Å². The summed E-state index contributed by atoms with van der Waals surface area (Å²) < 4.78 is 0. The van der Waals surface area contributed by atoms with Crippen LogP contribution in [0.2, 0.25) is 0 Å². The molecule has 0 atom stereocenters. The van der Waals surface area contributed by atoms with Crippen LogP contribution in [0, 0.1) is 0 Å². The number of aromatic nitrogens is 2. The Morgan fingerprint density at radius 3 is 2.58 bits per heavy atom. The molecule has 1 rings (SSSR count). The monoisotopic (exact) mass is 250 g/mol. The van der Waals surface area contributed by atoms with Crippen molar-refractivity contribution < 1.29 is 0 Å². The lowest BCUT2D eigenvalue weighted by Crippen LogP contribution is -2.07. The SMILES string of the molecule is C=C/C(=C\C=C/C)c1ncnc(=C)ccccc1=C. The zero-order chi connectivity index (χ0) is 14.1. The molecule has 0 aliphatic carbocycles. The number of hydrogen-bond donors (Lipinski definition) is 0. The summed E-state index contributed by atoms with van der Waals surface area (Å²) in [6.45, 7) is 13.6. The molecule has 0 aliphatic heterocycles. The first kappa shape index (κ1) is 14.6. The van der Waals surface area contributed by atoms with Gasteiger partial charge in [0.1, 0.15) is 6.33 Å². The van der Waals surface area contributed by atoms with E-state index in [9.17, 15) is 0 Å². The third kappa shape index (κ3) is 4.72. The Hall–Kier alpha value is -2.48. The highest BCUT2D eigenvalue weighted by Gasteiger charge is 1.96. The molecular weight excluding hydrogens is 232 g/mol. The molecule has 0 saturated carbocycles. The van der Waals surface area contributed by atoms with Gasteiger partial charge in [-0.15, -0.1) is 0 Å². The molecule has 1 aromatic heterocycles. The van der Waals surface area contributed by atoms with E-state index in [4.69, 9.17) is 0 Å². The lowest BCUT2D eigenvalue weighted by atomic mass is 10.1. The highest BCUT2D eigenvalue weighted by Crippen LogP contribution is 2.07. The minimum atomic E-state index is 0.651. The second-order valence-corrected chi connectivity index (χ2v) is 3.81. The van der Waals surface area contributed by atoms with Crippen molar-refractivity contribution in [3.8, 4) is 0 Å². The van der Waals surface area contributed by atoms with E-state index in [1.165, 1.54) is 6.33 Å². The van der Waals surface area contributed by atoms with E-state index in [0.29, 0.717) is 5.35 Å². The zero-order valence-corrected chi connectivity index (χ0v) is 11.2. The Labute approximate surface area is 114 Å². The van der Waals surface area contributed by atoms with Crippen LogP contribution >= 0.6 is 0 Å². The number of rotatable bonds is 3. The van der Waals surface area contributed by atoms with Crippen molar-refractivity contribution in [3.63, 3.8) is 0 Å². The molecule has 0 N–H and O–H groups in total. The average molecular weight is 250 g/mol. The quantitative estimate of drug-likeness (QED) is 0.771. The smallest absolute Gasteiger partial charge is 0.116 e. The summed E-state index contributed by atoms with van der Waals surface area (Å²) >= 11 is 0. The normalized spacial score (nSPS) is 11.1. The van der Waals surface area contributed by atoms with Crippen molar-refractivity contribution in [2.24, 2.45) is 0 Å². The summed E-state index contributed by atoms with van der Waals surface area (Å²) in [5, 5.41) is 1.46. The lowest BCUT2D eigenvalue weighted by molar-refractivity contribution is 1.15. The fourth-order valence-electron chi connectivity index (χ4n) is 1.41. The molecule has 0 radical (unpaired) electrons. The first-order chi connectivity index (χ1) is 9.19. The maximum Gasteiger partial charge on any atom is 0.116 e. The Kier molecular flexibility index (Phi) is 5.96. The summed E-state index contributed by atoms with van der Waals surface area (Å²) in [6.07, 6.45) is 9.06. The van der Waals surface area contributed by atoms with Gasteiger partial charge in [-0.05, 0) is 18.2 Å². The molecule has 0 fully saturated rings. The van der Waals surface area contributed by atoms with Crippen LogP contribution in [0.3, 0.4) is 0 Å². The molecule has 0 amide bonds. The zero-order valence-electron chi connectivity index (χ0n) is 11.2. The Morgan fingerprint density at radius 2 is 1.89 bits per heavy atom. The lowest BCUT2D eigenvalue weighted by Gasteiger charge is -1.98. The number of hydrogen-bond acceptors (Lipinski definition) is 2. The summed E-state index contributed by atoms with van der Waals surface area (Å²) in [6, 6.07) is 7.47. The molecule has 0 spiro atoms. The molecule has 0 saturated heterocycles. The molecule has 0 bridgehead atoms. The topological polar surface area (TPSA) is 25.8 Å². The maximum absolute atomic E-state index is 4.35. The van der Waals surface area contributed by atoms with Crippen LogP contribution in [0.15, 0.2) is 61.5 Å². The van der Waals surface area contributed by atoms with Gasteiger partial charge in [0, 0.05) is 5.57 Å². The molecular formula is C17H18N2. The molecule has 19 heavy (non-hydrogen) atoms. The third-order valence-corrected chi connectivity index (χ3v) is 2.37. The van der Waals surface area contributed by atoms with Crippen LogP contribution in [-0.2, 0) is 0 Å². The van der Waals surface area contributed by atoms with Gasteiger partial charge >= 0.3 is 0 Å². The van der Waals surface area contributed by atoms with Crippen LogP contribution < -0.4 is 10.6 Å². The van der Waals surface area contributed by atoms with Crippen LogP contribution in [0.5, 0.6) is 0 Å². The van der Waals surface area contributed by atoms with E-state index >= 15 is 0 Å². The molecule has 2 heteroatoms. The second kappa shape index (κ2) is 7.77. The highest BCUT2D eigenvalue weighted by molar-refractivity contribution is 5.72. The summed E-state index contributed by atoms with van der Waals surface area (Å²) in [4.78, 5) is 8.47. The van der Waals surface area contributed by atoms with Crippen molar-refractivity contribution in [2.45, 2.75) is 6.92 Å². The van der Waals surface area contributed by atoms with Crippen molar-refractivity contribution in [1.29, 1.82) is 0 Å². The standard InChI is InChI=1S/C17H18N2/c1-5-7-12-16(6-2)17-14(3)10-8-9-11-15(4)18-13-19-17/h5-13H,2-4H2,1H3/b7-5-,10-8?,11-9?,16-12+,18-13?,19-17?. The predicted octanol–water partition coefficient (Wildman–Crippen LogP) is 2.57. The molecule has 96 valence electrons. The van der Waals surface area contributed by atoms with E-state index in [-0.39, 0.29) is 0 Å². The van der Waals surface area contributed by atoms with Crippen molar-refractivity contribution in [1.82, 2.24) is 9.97 Å². The minimum absolute atomic E-state index is 0.651. The van der Waals surface area contributed by atoms with E-state index in [1.54, 1.807) is 6.08 Å². The van der Waals surface area contributed by atoms with Gasteiger partial charge in [-0.25, -0.2) is 9.97 Å². The maximum atomic E-state index is 4.35. The van der Waals surface area contributed by atoms with Gasteiger partial charge in [0.05, 0.1) is 11.0 Å². The Bertz CT molecular complexity index is 653.